The van der Waals surface area contributed by atoms with Crippen molar-refractivity contribution < 1.29 is 0 Å². The average Bonchev–Trinajstić information content (AvgIpc) is 2.12. The van der Waals surface area contributed by atoms with E-state index in [0.29, 0.717) is 5.41 Å². The Balaban J connectivity index is 3.55. The molecule has 0 saturated heterocycles. The fraction of sp³-hybridized carbons (Fsp3) is 0.857. The van der Waals surface area contributed by atoms with E-state index >= 15 is 0 Å². The largest absolute Gasteiger partial charge is 0.0998 e. The Morgan fingerprint density at radius 3 is 2.21 bits per heavy atom. The van der Waals surface area contributed by atoms with Crippen LogP contribution in [0.25, 0.3) is 0 Å². The van der Waals surface area contributed by atoms with E-state index in [0.717, 1.165) is 0 Å². The predicted octanol–water partition coefficient (Wildman–Crippen LogP) is 5.34. The van der Waals surface area contributed by atoms with Gasteiger partial charge in [-0.2, -0.15) is 0 Å². The first-order chi connectivity index (χ1) is 6.52. The van der Waals surface area contributed by atoms with Gasteiger partial charge in [0.25, 0.3) is 0 Å². The van der Waals surface area contributed by atoms with Crippen LogP contribution in [0, 0.1) is 5.41 Å². The molecule has 0 spiro atoms. The van der Waals surface area contributed by atoms with Crippen LogP contribution in [0.4, 0.5) is 0 Å². The second-order valence-corrected chi connectivity index (χ2v) is 5.26. The Bertz CT molecular complexity index is 153. The van der Waals surface area contributed by atoms with Gasteiger partial charge in [0.05, 0.1) is 0 Å². The summed E-state index contributed by atoms with van der Waals surface area (Å²) in [6, 6.07) is 0. The number of rotatable bonds is 8. The molecule has 0 unspecified atom stereocenters. The SMILES string of the molecule is C=C(CCCCCC)CC(C)(C)CC. The summed E-state index contributed by atoms with van der Waals surface area (Å²) in [5.41, 5.74) is 1.91. The van der Waals surface area contributed by atoms with Gasteiger partial charge in [-0.1, -0.05) is 65.5 Å². The van der Waals surface area contributed by atoms with E-state index in [-0.39, 0.29) is 0 Å². The molecule has 0 aromatic heterocycles. The van der Waals surface area contributed by atoms with Gasteiger partial charge in [0, 0.05) is 0 Å². The van der Waals surface area contributed by atoms with Crippen LogP contribution in [-0.2, 0) is 0 Å². The minimum absolute atomic E-state index is 0.460. The van der Waals surface area contributed by atoms with Crippen LogP contribution in [0.1, 0.15) is 72.6 Å². The first-order valence-corrected chi connectivity index (χ1v) is 6.18. The zero-order valence-electron chi connectivity index (χ0n) is 10.7. The molecule has 0 aromatic rings. The molecule has 0 aliphatic rings. The lowest BCUT2D eigenvalue weighted by Gasteiger charge is -2.23. The number of unbranched alkanes of at least 4 members (excludes halogenated alkanes) is 3. The van der Waals surface area contributed by atoms with Crippen molar-refractivity contribution in [2.75, 3.05) is 0 Å². The molecule has 0 aliphatic heterocycles. The van der Waals surface area contributed by atoms with Gasteiger partial charge in [0.15, 0.2) is 0 Å². The molecule has 84 valence electrons. The van der Waals surface area contributed by atoms with Crippen molar-refractivity contribution in [3.63, 3.8) is 0 Å². The molecule has 0 fully saturated rings. The standard InChI is InChI=1S/C14H28/c1-6-8-9-10-11-13(3)12-14(4,5)7-2/h3,6-12H2,1-2,4-5H3. The highest BCUT2D eigenvalue weighted by Crippen LogP contribution is 2.29. The van der Waals surface area contributed by atoms with E-state index in [1.165, 1.54) is 50.5 Å². The molecule has 0 radical (unpaired) electrons. The predicted molar refractivity (Wildman–Crippen MR) is 66.6 cm³/mol. The first-order valence-electron chi connectivity index (χ1n) is 6.18. The lowest BCUT2D eigenvalue weighted by molar-refractivity contribution is 0.343. The maximum Gasteiger partial charge on any atom is -0.0271 e. The van der Waals surface area contributed by atoms with Crippen molar-refractivity contribution >= 4 is 0 Å². The second-order valence-electron chi connectivity index (χ2n) is 5.26. The summed E-state index contributed by atoms with van der Waals surface area (Å²) in [6.45, 7) is 13.4. The molecule has 0 aliphatic carbocycles. The summed E-state index contributed by atoms with van der Waals surface area (Å²) >= 11 is 0. The molecule has 0 heterocycles. The summed E-state index contributed by atoms with van der Waals surface area (Å²) in [6.07, 6.45) is 9.12. The van der Waals surface area contributed by atoms with Crippen LogP contribution in [0.2, 0.25) is 0 Å². The molecular weight excluding hydrogens is 168 g/mol. The Labute approximate surface area is 90.8 Å². The van der Waals surface area contributed by atoms with Gasteiger partial charge >= 0.3 is 0 Å². The van der Waals surface area contributed by atoms with Gasteiger partial charge < -0.3 is 0 Å². The van der Waals surface area contributed by atoms with Gasteiger partial charge in [-0.05, 0) is 24.7 Å². The van der Waals surface area contributed by atoms with Gasteiger partial charge in [-0.15, -0.1) is 0 Å². The molecule has 0 saturated carbocycles. The minimum atomic E-state index is 0.460. The minimum Gasteiger partial charge on any atom is -0.0998 e. The monoisotopic (exact) mass is 196 g/mol. The maximum atomic E-state index is 4.19. The van der Waals surface area contributed by atoms with E-state index in [1.54, 1.807) is 0 Å². The smallest absolute Gasteiger partial charge is 0.0271 e. The van der Waals surface area contributed by atoms with Crippen LogP contribution in [0.5, 0.6) is 0 Å². The molecule has 0 N–H and O–H groups in total. The third-order valence-electron chi connectivity index (χ3n) is 3.07. The van der Waals surface area contributed by atoms with E-state index in [4.69, 9.17) is 0 Å². The van der Waals surface area contributed by atoms with Crippen molar-refractivity contribution in [3.8, 4) is 0 Å². The fourth-order valence-corrected chi connectivity index (χ4v) is 1.69. The topological polar surface area (TPSA) is 0 Å². The molecule has 14 heavy (non-hydrogen) atoms. The highest BCUT2D eigenvalue weighted by molar-refractivity contribution is 4.97. The summed E-state index contributed by atoms with van der Waals surface area (Å²) in [5.74, 6) is 0. The number of allylic oxidation sites excluding steroid dienone is 1. The van der Waals surface area contributed by atoms with Gasteiger partial charge in [0.1, 0.15) is 0 Å². The lowest BCUT2D eigenvalue weighted by atomic mass is 9.82. The molecule has 0 bridgehead atoms. The lowest BCUT2D eigenvalue weighted by Crippen LogP contribution is -2.10. The normalized spacial score (nSPS) is 11.7. The van der Waals surface area contributed by atoms with Crippen LogP contribution < -0.4 is 0 Å². The molecule has 0 rings (SSSR count). The van der Waals surface area contributed by atoms with Crippen molar-refractivity contribution in [2.45, 2.75) is 72.6 Å². The summed E-state index contributed by atoms with van der Waals surface area (Å²) in [5, 5.41) is 0. The Morgan fingerprint density at radius 2 is 1.71 bits per heavy atom. The Kier molecular flexibility index (Phi) is 6.96. The Hall–Kier alpha value is -0.260. The van der Waals surface area contributed by atoms with Crippen molar-refractivity contribution in [1.29, 1.82) is 0 Å². The van der Waals surface area contributed by atoms with Crippen molar-refractivity contribution in [1.82, 2.24) is 0 Å². The zero-order chi connectivity index (χ0) is 11.0. The summed E-state index contributed by atoms with van der Waals surface area (Å²) in [4.78, 5) is 0. The third-order valence-corrected chi connectivity index (χ3v) is 3.07. The molecule has 0 amide bonds. The number of hydrogen-bond donors (Lipinski definition) is 0. The van der Waals surface area contributed by atoms with Crippen LogP contribution >= 0.6 is 0 Å². The zero-order valence-corrected chi connectivity index (χ0v) is 10.7. The van der Waals surface area contributed by atoms with Crippen molar-refractivity contribution in [2.24, 2.45) is 5.41 Å². The molecular formula is C14H28. The quantitative estimate of drug-likeness (QED) is 0.363. The van der Waals surface area contributed by atoms with Crippen molar-refractivity contribution in [3.05, 3.63) is 12.2 Å². The van der Waals surface area contributed by atoms with Crippen LogP contribution in [0.15, 0.2) is 12.2 Å². The first kappa shape index (κ1) is 13.7. The number of hydrogen-bond acceptors (Lipinski definition) is 0. The van der Waals surface area contributed by atoms with Gasteiger partial charge in [-0.25, -0.2) is 0 Å². The molecule has 0 atom stereocenters. The maximum absolute atomic E-state index is 4.19. The van der Waals surface area contributed by atoms with Crippen LogP contribution in [0.3, 0.4) is 0 Å². The summed E-state index contributed by atoms with van der Waals surface area (Å²) < 4.78 is 0. The van der Waals surface area contributed by atoms with Crippen LogP contribution in [-0.4, -0.2) is 0 Å². The van der Waals surface area contributed by atoms with E-state index < -0.39 is 0 Å². The van der Waals surface area contributed by atoms with Gasteiger partial charge in [-0.3, -0.25) is 0 Å². The highest BCUT2D eigenvalue weighted by Gasteiger charge is 2.15. The average molecular weight is 196 g/mol. The highest BCUT2D eigenvalue weighted by atomic mass is 14.2. The molecule has 0 nitrogen and oxygen atoms in total. The molecule has 0 heteroatoms. The second kappa shape index (κ2) is 7.09. The van der Waals surface area contributed by atoms with E-state index in [2.05, 4.69) is 34.3 Å². The third kappa shape index (κ3) is 7.17. The Morgan fingerprint density at radius 1 is 1.07 bits per heavy atom. The molecule has 0 aromatic carbocycles. The van der Waals surface area contributed by atoms with E-state index in [9.17, 15) is 0 Å². The van der Waals surface area contributed by atoms with Gasteiger partial charge in [0.2, 0.25) is 0 Å². The summed E-state index contributed by atoms with van der Waals surface area (Å²) in [7, 11) is 0. The fourth-order valence-electron chi connectivity index (χ4n) is 1.69. The van der Waals surface area contributed by atoms with E-state index in [1.807, 2.05) is 0 Å².